The maximum Gasteiger partial charge on any atom is 0.144 e. The molecule has 3 aromatic rings. The van der Waals surface area contributed by atoms with Crippen LogP contribution in [0, 0.1) is 12.8 Å². The van der Waals surface area contributed by atoms with E-state index in [1.807, 2.05) is 16.9 Å². The number of pyridine rings is 1. The number of carbonyl (C=O) groups excluding carboxylic acids is 1. The number of nitrogens with zero attached hydrogens (tertiary/aromatic N) is 3. The number of benzene rings is 1. The number of hydrogen-bond acceptors (Lipinski definition) is 3. The summed E-state index contributed by atoms with van der Waals surface area (Å²) in [5.41, 5.74) is 5.18. The van der Waals surface area contributed by atoms with Gasteiger partial charge < -0.3 is 4.79 Å². The minimum atomic E-state index is -0.160. The Labute approximate surface area is 128 Å². The highest BCUT2D eigenvalue weighted by atomic mass is 16.1. The second kappa shape index (κ2) is 5.05. The van der Waals surface area contributed by atoms with Crippen molar-refractivity contribution in [3.63, 3.8) is 0 Å². The Morgan fingerprint density at radius 2 is 2.09 bits per heavy atom. The Bertz CT molecular complexity index is 848. The molecule has 1 saturated carbocycles. The number of rotatable bonds is 4. The Kier molecular flexibility index (Phi) is 3.03. The molecule has 1 aliphatic rings. The zero-order valence-electron chi connectivity index (χ0n) is 12.4. The van der Waals surface area contributed by atoms with E-state index >= 15 is 0 Å². The predicted molar refractivity (Wildman–Crippen MR) is 85.5 cm³/mol. The Balaban J connectivity index is 1.84. The maximum atomic E-state index is 11.4. The third-order valence-electron chi connectivity index (χ3n) is 4.33. The molecule has 1 aromatic carbocycles. The van der Waals surface area contributed by atoms with Crippen molar-refractivity contribution in [1.29, 1.82) is 0 Å². The van der Waals surface area contributed by atoms with Crippen molar-refractivity contribution in [2.45, 2.75) is 25.8 Å². The van der Waals surface area contributed by atoms with E-state index in [0.717, 1.165) is 41.3 Å². The molecule has 0 N–H and O–H groups in total. The molecule has 0 radical (unpaired) electrons. The van der Waals surface area contributed by atoms with Crippen LogP contribution in [0.2, 0.25) is 0 Å². The highest BCUT2D eigenvalue weighted by Crippen LogP contribution is 2.39. The molecule has 0 unspecified atom stereocenters. The number of aromatic nitrogens is 3. The number of aryl methyl sites for hydroxylation is 1. The van der Waals surface area contributed by atoms with E-state index in [2.05, 4.69) is 41.3 Å². The summed E-state index contributed by atoms with van der Waals surface area (Å²) in [5.74, 6) is 0.434. The van der Waals surface area contributed by atoms with Crippen molar-refractivity contribution in [2.24, 2.45) is 5.92 Å². The third kappa shape index (κ3) is 2.21. The summed E-state index contributed by atoms with van der Waals surface area (Å²) in [6.45, 7) is 2.08. The van der Waals surface area contributed by atoms with Gasteiger partial charge in [0.25, 0.3) is 0 Å². The zero-order valence-corrected chi connectivity index (χ0v) is 12.4. The molecule has 0 saturated heterocycles. The van der Waals surface area contributed by atoms with Gasteiger partial charge in [0.05, 0.1) is 11.7 Å². The summed E-state index contributed by atoms with van der Waals surface area (Å²) in [7, 11) is 0. The van der Waals surface area contributed by atoms with Crippen molar-refractivity contribution >= 4 is 17.3 Å². The summed E-state index contributed by atoms with van der Waals surface area (Å²) in [6, 6.07) is 10.3. The molecule has 4 heteroatoms. The first-order valence-electron chi connectivity index (χ1n) is 7.62. The standard InChI is InChI=1S/C18H17N3O/c1-12-3-2-4-14(7-12)15-8-17-16(19-9-15)10-20-21(17)18(11-22)13-5-6-13/h2-4,7-11,13,18H,5-6H2,1H3/t18-/m1/s1. The van der Waals surface area contributed by atoms with Crippen LogP contribution in [0.5, 0.6) is 0 Å². The van der Waals surface area contributed by atoms with E-state index in [1.54, 1.807) is 6.20 Å². The van der Waals surface area contributed by atoms with Crippen LogP contribution in [0.4, 0.5) is 0 Å². The third-order valence-corrected chi connectivity index (χ3v) is 4.33. The molecule has 1 fully saturated rings. The lowest BCUT2D eigenvalue weighted by molar-refractivity contribution is -0.111. The van der Waals surface area contributed by atoms with Crippen molar-refractivity contribution in [1.82, 2.24) is 14.8 Å². The minimum Gasteiger partial charge on any atom is -0.301 e. The normalized spacial score (nSPS) is 15.9. The smallest absolute Gasteiger partial charge is 0.144 e. The van der Waals surface area contributed by atoms with Gasteiger partial charge in [0.1, 0.15) is 17.8 Å². The highest BCUT2D eigenvalue weighted by molar-refractivity contribution is 5.81. The van der Waals surface area contributed by atoms with Gasteiger partial charge in [-0.25, -0.2) is 0 Å². The van der Waals surface area contributed by atoms with Crippen LogP contribution in [0.1, 0.15) is 24.4 Å². The summed E-state index contributed by atoms with van der Waals surface area (Å²) in [6.07, 6.45) is 6.85. The van der Waals surface area contributed by atoms with Gasteiger partial charge in [-0.3, -0.25) is 9.67 Å². The molecule has 1 atom stereocenters. The zero-order chi connectivity index (χ0) is 15.1. The summed E-state index contributed by atoms with van der Waals surface area (Å²) in [4.78, 5) is 16.0. The van der Waals surface area contributed by atoms with Crippen LogP contribution >= 0.6 is 0 Å². The summed E-state index contributed by atoms with van der Waals surface area (Å²) in [5, 5.41) is 4.40. The average molecular weight is 291 g/mol. The van der Waals surface area contributed by atoms with Gasteiger partial charge in [-0.1, -0.05) is 29.8 Å². The summed E-state index contributed by atoms with van der Waals surface area (Å²) < 4.78 is 1.84. The first kappa shape index (κ1) is 13.2. The largest absolute Gasteiger partial charge is 0.301 e. The summed E-state index contributed by atoms with van der Waals surface area (Å²) >= 11 is 0. The number of aldehydes is 1. The fourth-order valence-corrected chi connectivity index (χ4v) is 2.95. The van der Waals surface area contributed by atoms with Gasteiger partial charge in [0.2, 0.25) is 0 Å². The molecule has 4 nitrogen and oxygen atoms in total. The first-order valence-corrected chi connectivity index (χ1v) is 7.62. The van der Waals surface area contributed by atoms with Crippen LogP contribution in [0.3, 0.4) is 0 Å². The van der Waals surface area contributed by atoms with Crippen molar-refractivity contribution < 1.29 is 4.79 Å². The van der Waals surface area contributed by atoms with Gasteiger partial charge in [-0.15, -0.1) is 0 Å². The maximum absolute atomic E-state index is 11.4. The van der Waals surface area contributed by atoms with Crippen LogP contribution in [0.15, 0.2) is 42.7 Å². The number of hydrogen-bond donors (Lipinski definition) is 0. The first-order chi connectivity index (χ1) is 10.8. The Hall–Kier alpha value is -2.49. The molecule has 2 aromatic heterocycles. The molecule has 0 aliphatic heterocycles. The van der Waals surface area contributed by atoms with E-state index in [9.17, 15) is 4.79 Å². The van der Waals surface area contributed by atoms with Crippen molar-refractivity contribution in [3.05, 3.63) is 48.3 Å². The lowest BCUT2D eigenvalue weighted by atomic mass is 10.0. The van der Waals surface area contributed by atoms with Gasteiger partial charge in [0.15, 0.2) is 0 Å². The molecule has 2 heterocycles. The van der Waals surface area contributed by atoms with Gasteiger partial charge in [0, 0.05) is 11.8 Å². The fraction of sp³-hybridized carbons (Fsp3) is 0.278. The molecule has 1 aliphatic carbocycles. The SMILES string of the molecule is Cc1cccc(-c2cnc3cnn([C@H](C=O)C4CC4)c3c2)c1. The molecule has 22 heavy (non-hydrogen) atoms. The second-order valence-electron chi connectivity index (χ2n) is 6.05. The lowest BCUT2D eigenvalue weighted by Crippen LogP contribution is -2.13. The van der Waals surface area contributed by atoms with Crippen molar-refractivity contribution in [2.75, 3.05) is 0 Å². The van der Waals surface area contributed by atoms with Crippen LogP contribution in [0.25, 0.3) is 22.2 Å². The van der Waals surface area contributed by atoms with Crippen LogP contribution < -0.4 is 0 Å². The molecule has 110 valence electrons. The molecular weight excluding hydrogens is 274 g/mol. The molecular formula is C18H17N3O. The van der Waals surface area contributed by atoms with Gasteiger partial charge in [-0.2, -0.15) is 5.10 Å². The van der Waals surface area contributed by atoms with Gasteiger partial charge >= 0.3 is 0 Å². The second-order valence-corrected chi connectivity index (χ2v) is 6.05. The van der Waals surface area contributed by atoms with Crippen LogP contribution in [-0.2, 0) is 4.79 Å². The topological polar surface area (TPSA) is 47.8 Å². The van der Waals surface area contributed by atoms with E-state index in [0.29, 0.717) is 5.92 Å². The molecule has 0 spiro atoms. The number of fused-ring (bicyclic) bond motifs is 1. The average Bonchev–Trinajstić information content (AvgIpc) is 3.28. The highest BCUT2D eigenvalue weighted by Gasteiger charge is 2.33. The van der Waals surface area contributed by atoms with E-state index in [1.165, 1.54) is 5.56 Å². The Morgan fingerprint density at radius 3 is 2.82 bits per heavy atom. The lowest BCUT2D eigenvalue weighted by Gasteiger charge is -2.11. The van der Waals surface area contributed by atoms with Gasteiger partial charge in [-0.05, 0) is 37.3 Å². The molecule has 4 rings (SSSR count). The monoisotopic (exact) mass is 291 g/mol. The predicted octanol–water partition coefficient (Wildman–Crippen LogP) is 3.56. The van der Waals surface area contributed by atoms with E-state index in [-0.39, 0.29) is 6.04 Å². The number of carbonyl (C=O) groups is 1. The fourth-order valence-electron chi connectivity index (χ4n) is 2.95. The quantitative estimate of drug-likeness (QED) is 0.691. The minimum absolute atomic E-state index is 0.160. The molecule has 0 amide bonds. The molecule has 0 bridgehead atoms. The van der Waals surface area contributed by atoms with E-state index < -0.39 is 0 Å². The van der Waals surface area contributed by atoms with Crippen molar-refractivity contribution in [3.8, 4) is 11.1 Å². The van der Waals surface area contributed by atoms with Crippen LogP contribution in [-0.4, -0.2) is 21.1 Å². The van der Waals surface area contributed by atoms with E-state index in [4.69, 9.17) is 0 Å². The Morgan fingerprint density at radius 1 is 1.23 bits per heavy atom.